The van der Waals surface area contributed by atoms with E-state index < -0.39 is 5.97 Å². The first-order chi connectivity index (χ1) is 11.9. The van der Waals surface area contributed by atoms with Crippen LogP contribution in [0.2, 0.25) is 0 Å². The van der Waals surface area contributed by atoms with E-state index in [0.29, 0.717) is 0 Å². The highest BCUT2D eigenvalue weighted by Gasteiger charge is 2.02. The van der Waals surface area contributed by atoms with Crippen molar-refractivity contribution in [3.8, 4) is 5.75 Å². The zero-order valence-corrected chi connectivity index (χ0v) is 16.1. The van der Waals surface area contributed by atoms with Crippen LogP contribution in [0.15, 0.2) is 47.1 Å². The molecular formula is C22H32O3. The largest absolute Gasteiger partial charge is 0.497 e. The predicted molar refractivity (Wildman–Crippen MR) is 104 cm³/mol. The number of ether oxygens (including phenoxy) is 1. The first-order valence-electron chi connectivity index (χ1n) is 9.08. The molecule has 0 heterocycles. The Morgan fingerprint density at radius 2 is 1.80 bits per heavy atom. The predicted octanol–water partition coefficient (Wildman–Crippen LogP) is 5.95. The van der Waals surface area contributed by atoms with Crippen LogP contribution in [0.1, 0.15) is 64.9 Å². The minimum atomic E-state index is -0.708. The van der Waals surface area contributed by atoms with Crippen LogP contribution in [-0.4, -0.2) is 18.2 Å². The van der Waals surface area contributed by atoms with E-state index in [-0.39, 0.29) is 6.42 Å². The Bertz CT molecular complexity index is 611. The van der Waals surface area contributed by atoms with Crippen molar-refractivity contribution in [1.82, 2.24) is 0 Å². The highest BCUT2D eigenvalue weighted by Crippen LogP contribution is 2.19. The number of aliphatic carboxylic acids is 1. The molecule has 0 unspecified atom stereocenters. The van der Waals surface area contributed by atoms with Crippen molar-refractivity contribution in [2.45, 2.75) is 65.7 Å². The molecule has 0 bridgehead atoms. The van der Waals surface area contributed by atoms with Crippen LogP contribution in [0, 0.1) is 0 Å². The Kier molecular flexibility index (Phi) is 9.68. The summed E-state index contributed by atoms with van der Waals surface area (Å²) < 4.78 is 5.26. The van der Waals surface area contributed by atoms with Gasteiger partial charge >= 0.3 is 5.97 Å². The molecule has 0 amide bonds. The van der Waals surface area contributed by atoms with E-state index in [4.69, 9.17) is 9.84 Å². The van der Waals surface area contributed by atoms with Gasteiger partial charge in [-0.3, -0.25) is 4.79 Å². The zero-order valence-electron chi connectivity index (χ0n) is 16.1. The molecule has 0 atom stereocenters. The van der Waals surface area contributed by atoms with Crippen LogP contribution >= 0.6 is 0 Å². The Morgan fingerprint density at radius 1 is 1.08 bits per heavy atom. The quantitative estimate of drug-likeness (QED) is 0.505. The highest BCUT2D eigenvalue weighted by atomic mass is 16.5. The van der Waals surface area contributed by atoms with Gasteiger partial charge in [0.2, 0.25) is 0 Å². The second kappa shape index (κ2) is 11.5. The van der Waals surface area contributed by atoms with Gasteiger partial charge in [-0.2, -0.15) is 0 Å². The second-order valence-electron chi connectivity index (χ2n) is 6.75. The van der Waals surface area contributed by atoms with E-state index >= 15 is 0 Å². The molecule has 25 heavy (non-hydrogen) atoms. The third-order valence-corrected chi connectivity index (χ3v) is 4.63. The normalized spacial score (nSPS) is 12.7. The number of hydrogen-bond acceptors (Lipinski definition) is 2. The Labute approximate surface area is 152 Å². The van der Waals surface area contributed by atoms with Crippen molar-refractivity contribution in [2.24, 2.45) is 0 Å². The lowest BCUT2D eigenvalue weighted by molar-refractivity contribution is -0.137. The van der Waals surface area contributed by atoms with E-state index in [1.54, 1.807) is 7.11 Å². The van der Waals surface area contributed by atoms with Crippen molar-refractivity contribution in [3.63, 3.8) is 0 Å². The van der Waals surface area contributed by atoms with Crippen LogP contribution in [-0.2, 0) is 11.2 Å². The van der Waals surface area contributed by atoms with Crippen molar-refractivity contribution in [2.75, 3.05) is 7.11 Å². The fourth-order valence-corrected chi connectivity index (χ4v) is 2.73. The molecular weight excluding hydrogens is 312 g/mol. The van der Waals surface area contributed by atoms with E-state index in [2.05, 4.69) is 39.0 Å². The first-order valence-corrected chi connectivity index (χ1v) is 9.08. The smallest absolute Gasteiger partial charge is 0.303 e. The summed E-state index contributed by atoms with van der Waals surface area (Å²) >= 11 is 0. The topological polar surface area (TPSA) is 46.5 Å². The van der Waals surface area contributed by atoms with E-state index in [1.807, 2.05) is 12.1 Å². The molecule has 0 radical (unpaired) electrons. The monoisotopic (exact) mass is 344 g/mol. The molecule has 0 aliphatic rings. The summed E-state index contributed by atoms with van der Waals surface area (Å²) in [6.45, 7) is 6.48. The van der Waals surface area contributed by atoms with Crippen LogP contribution in [0.3, 0.4) is 0 Å². The molecule has 1 aromatic rings. The number of methoxy groups -OCH3 is 1. The molecule has 0 saturated carbocycles. The minimum absolute atomic E-state index is 0.258. The zero-order chi connectivity index (χ0) is 18.7. The summed E-state index contributed by atoms with van der Waals surface area (Å²) in [5, 5.41) is 8.70. The molecule has 0 fully saturated rings. The fraction of sp³-hybridized carbons (Fsp3) is 0.500. The number of carboxylic acid groups (broad SMARTS) is 1. The summed E-state index contributed by atoms with van der Waals surface area (Å²) in [7, 11) is 1.70. The average molecular weight is 344 g/mol. The van der Waals surface area contributed by atoms with Crippen molar-refractivity contribution < 1.29 is 14.6 Å². The first kappa shape index (κ1) is 21.0. The SMILES string of the molecule is COc1cccc(CC/C=C(\C)CC/C(C)=C(\C)CCCC(=O)O)c1. The van der Waals surface area contributed by atoms with Crippen LogP contribution in [0.25, 0.3) is 0 Å². The third kappa shape index (κ3) is 9.13. The lowest BCUT2D eigenvalue weighted by atomic mass is 9.98. The molecule has 0 spiro atoms. The Balaban J connectivity index is 2.37. The summed E-state index contributed by atoms with van der Waals surface area (Å²) in [5.41, 5.74) is 5.45. The average Bonchev–Trinajstić information content (AvgIpc) is 2.59. The second-order valence-corrected chi connectivity index (χ2v) is 6.75. The van der Waals surface area contributed by atoms with Crippen LogP contribution in [0.5, 0.6) is 5.75 Å². The van der Waals surface area contributed by atoms with Gasteiger partial charge in [-0.25, -0.2) is 0 Å². The highest BCUT2D eigenvalue weighted by molar-refractivity contribution is 5.66. The van der Waals surface area contributed by atoms with Gasteiger partial charge < -0.3 is 9.84 Å². The number of carbonyl (C=O) groups is 1. The number of rotatable bonds is 11. The maximum absolute atomic E-state index is 10.6. The molecule has 0 aliphatic heterocycles. The van der Waals surface area contributed by atoms with Gasteiger partial charge in [0, 0.05) is 6.42 Å². The van der Waals surface area contributed by atoms with Crippen molar-refractivity contribution in [1.29, 1.82) is 0 Å². The van der Waals surface area contributed by atoms with E-state index in [0.717, 1.165) is 44.3 Å². The van der Waals surface area contributed by atoms with Gasteiger partial charge in [-0.1, -0.05) is 34.9 Å². The van der Waals surface area contributed by atoms with Crippen molar-refractivity contribution >= 4 is 5.97 Å². The van der Waals surface area contributed by atoms with Gasteiger partial charge in [0.15, 0.2) is 0 Å². The molecule has 0 aromatic heterocycles. The lowest BCUT2D eigenvalue weighted by Crippen LogP contribution is -1.95. The molecule has 1 aromatic carbocycles. The van der Waals surface area contributed by atoms with Gasteiger partial charge in [-0.05, 0) is 77.0 Å². The van der Waals surface area contributed by atoms with Gasteiger partial charge in [-0.15, -0.1) is 0 Å². The minimum Gasteiger partial charge on any atom is -0.497 e. The maximum Gasteiger partial charge on any atom is 0.303 e. The van der Waals surface area contributed by atoms with Gasteiger partial charge in [0.1, 0.15) is 5.75 Å². The van der Waals surface area contributed by atoms with E-state index in [1.165, 1.54) is 22.3 Å². The summed E-state index contributed by atoms with van der Waals surface area (Å²) in [6, 6.07) is 8.24. The fourth-order valence-electron chi connectivity index (χ4n) is 2.73. The lowest BCUT2D eigenvalue weighted by Gasteiger charge is -2.08. The molecule has 1 N–H and O–H groups in total. The maximum atomic E-state index is 10.6. The number of benzene rings is 1. The molecule has 3 heteroatoms. The molecule has 0 saturated heterocycles. The summed E-state index contributed by atoms with van der Waals surface area (Å²) in [5.74, 6) is 0.206. The Morgan fingerprint density at radius 3 is 2.48 bits per heavy atom. The third-order valence-electron chi connectivity index (χ3n) is 4.63. The number of hydrogen-bond donors (Lipinski definition) is 1. The van der Waals surface area contributed by atoms with Crippen LogP contribution < -0.4 is 4.74 Å². The summed E-state index contributed by atoms with van der Waals surface area (Å²) in [6.07, 6.45) is 8.39. The van der Waals surface area contributed by atoms with E-state index in [9.17, 15) is 4.79 Å². The summed E-state index contributed by atoms with van der Waals surface area (Å²) in [4.78, 5) is 10.6. The number of carboxylic acids is 1. The molecule has 138 valence electrons. The van der Waals surface area contributed by atoms with Crippen molar-refractivity contribution in [3.05, 3.63) is 52.6 Å². The van der Waals surface area contributed by atoms with Gasteiger partial charge in [0.05, 0.1) is 7.11 Å². The number of aryl methyl sites for hydroxylation is 1. The molecule has 1 rings (SSSR count). The molecule has 3 nitrogen and oxygen atoms in total. The molecule has 0 aliphatic carbocycles. The van der Waals surface area contributed by atoms with Crippen LogP contribution in [0.4, 0.5) is 0 Å². The number of allylic oxidation sites excluding steroid dienone is 4. The Hall–Kier alpha value is -2.03. The standard InChI is InChI=1S/C22H32O3/c1-17(8-5-10-20-11-7-12-21(16-20)25-4)14-15-19(3)18(2)9-6-13-22(23)24/h7-8,11-12,16H,5-6,9-10,13-15H2,1-4H3,(H,23,24)/b17-8+,19-18+. The van der Waals surface area contributed by atoms with Gasteiger partial charge in [0.25, 0.3) is 0 Å².